The number of halogens is 1. The molecule has 5 heteroatoms. The molecule has 1 aromatic heterocycles. The largest absolute Gasteiger partial charge is 0.404 e. The molecule has 0 aliphatic heterocycles. The van der Waals surface area contributed by atoms with E-state index in [1.807, 2.05) is 13.0 Å². The minimum absolute atomic E-state index is 0.248. The van der Waals surface area contributed by atoms with Crippen LogP contribution in [0.2, 0.25) is 5.28 Å². The van der Waals surface area contributed by atoms with Crippen molar-refractivity contribution in [3.63, 3.8) is 0 Å². The quantitative estimate of drug-likeness (QED) is 0.612. The summed E-state index contributed by atoms with van der Waals surface area (Å²) in [6.45, 7) is 4.17. The van der Waals surface area contributed by atoms with Crippen molar-refractivity contribution >= 4 is 29.0 Å². The Balaban J connectivity index is 2.56. The fraction of sp³-hybridized carbons (Fsp3) is 0.250. The Bertz CT molecular complexity index is 822. The first-order valence-corrected chi connectivity index (χ1v) is 8.65. The van der Waals surface area contributed by atoms with Crippen molar-refractivity contribution in [3.8, 4) is 0 Å². The summed E-state index contributed by atoms with van der Waals surface area (Å²) in [4.78, 5) is 12.4. The lowest BCUT2D eigenvalue weighted by Gasteiger charge is -2.15. The molecule has 2 rings (SSSR count). The second kappa shape index (κ2) is 9.14. The van der Waals surface area contributed by atoms with E-state index in [0.717, 1.165) is 40.8 Å². The summed E-state index contributed by atoms with van der Waals surface area (Å²) in [5, 5.41) is 0.248. The number of aryl methyl sites for hydroxylation is 1. The first-order chi connectivity index (χ1) is 12.1. The van der Waals surface area contributed by atoms with Gasteiger partial charge in [-0.2, -0.15) is 0 Å². The molecule has 0 saturated heterocycles. The number of hydrogen-bond donors (Lipinski definition) is 1. The van der Waals surface area contributed by atoms with Crippen LogP contribution in [0, 0.1) is 0 Å². The van der Waals surface area contributed by atoms with Crippen LogP contribution < -0.4 is 5.73 Å². The van der Waals surface area contributed by atoms with E-state index in [4.69, 9.17) is 17.3 Å². The maximum Gasteiger partial charge on any atom is 0.222 e. The SMILES string of the molecule is C/C=C(/c1ccnc(Cl)n1)c1ccc(C(C=NC)=CN)cc1CCC. The highest BCUT2D eigenvalue weighted by atomic mass is 35.5. The van der Waals surface area contributed by atoms with E-state index < -0.39 is 0 Å². The lowest BCUT2D eigenvalue weighted by molar-refractivity contribution is 0.917. The number of benzene rings is 1. The van der Waals surface area contributed by atoms with Crippen molar-refractivity contribution in [2.45, 2.75) is 26.7 Å². The van der Waals surface area contributed by atoms with E-state index in [9.17, 15) is 0 Å². The molecule has 0 spiro atoms. The Morgan fingerprint density at radius 1 is 1.32 bits per heavy atom. The predicted octanol–water partition coefficient (Wildman–Crippen LogP) is 4.53. The molecule has 0 bridgehead atoms. The molecule has 0 unspecified atom stereocenters. The zero-order valence-electron chi connectivity index (χ0n) is 14.8. The summed E-state index contributed by atoms with van der Waals surface area (Å²) in [6.07, 6.45) is 9.08. The first-order valence-electron chi connectivity index (χ1n) is 8.27. The van der Waals surface area contributed by atoms with Gasteiger partial charge in [-0.1, -0.05) is 37.6 Å². The summed E-state index contributed by atoms with van der Waals surface area (Å²) < 4.78 is 0. The Morgan fingerprint density at radius 2 is 2.12 bits per heavy atom. The molecule has 0 amide bonds. The number of nitrogens with zero attached hydrogens (tertiary/aromatic N) is 3. The molecule has 0 aliphatic rings. The molecule has 4 nitrogen and oxygen atoms in total. The molecule has 25 heavy (non-hydrogen) atoms. The third-order valence-corrected chi connectivity index (χ3v) is 4.07. The lowest BCUT2D eigenvalue weighted by Crippen LogP contribution is -2.00. The van der Waals surface area contributed by atoms with Gasteiger partial charge in [-0.25, -0.2) is 9.97 Å². The van der Waals surface area contributed by atoms with E-state index in [1.165, 1.54) is 5.56 Å². The number of allylic oxidation sites excluding steroid dienone is 2. The normalized spacial score (nSPS) is 12.8. The van der Waals surface area contributed by atoms with Gasteiger partial charge in [-0.15, -0.1) is 0 Å². The average molecular weight is 355 g/mol. The Hall–Kier alpha value is -2.46. The highest BCUT2D eigenvalue weighted by Gasteiger charge is 2.13. The van der Waals surface area contributed by atoms with Crippen molar-refractivity contribution in [2.75, 3.05) is 7.05 Å². The molecule has 0 fully saturated rings. The van der Waals surface area contributed by atoms with Crippen LogP contribution in [0.1, 0.15) is 42.7 Å². The third kappa shape index (κ3) is 4.54. The molecule has 2 N–H and O–H groups in total. The fourth-order valence-corrected chi connectivity index (χ4v) is 2.94. The van der Waals surface area contributed by atoms with Gasteiger partial charge in [-0.05, 0) is 47.7 Å². The second-order valence-corrected chi connectivity index (χ2v) is 5.88. The van der Waals surface area contributed by atoms with Gasteiger partial charge in [0.2, 0.25) is 5.28 Å². The molecule has 130 valence electrons. The molecule has 0 saturated carbocycles. The van der Waals surface area contributed by atoms with Gasteiger partial charge in [0, 0.05) is 36.8 Å². The zero-order chi connectivity index (χ0) is 18.2. The molecule has 1 heterocycles. The Morgan fingerprint density at radius 3 is 2.72 bits per heavy atom. The third-order valence-electron chi connectivity index (χ3n) is 3.89. The zero-order valence-corrected chi connectivity index (χ0v) is 15.6. The van der Waals surface area contributed by atoms with Crippen molar-refractivity contribution < 1.29 is 0 Å². The van der Waals surface area contributed by atoms with Gasteiger partial charge in [-0.3, -0.25) is 4.99 Å². The molecular weight excluding hydrogens is 332 g/mol. The standard InChI is InChI=1S/C20H23ClN4/c1-4-6-15-11-14(16(12-22)13-23-3)7-8-18(15)17(5-2)19-9-10-24-20(21)25-19/h5,7-13H,4,6,22H2,1-3H3/b16-12?,17-5+,23-13?. The smallest absolute Gasteiger partial charge is 0.222 e. The maximum atomic E-state index is 5.97. The average Bonchev–Trinajstić information content (AvgIpc) is 2.62. The van der Waals surface area contributed by atoms with Gasteiger partial charge in [0.25, 0.3) is 0 Å². The first kappa shape index (κ1) is 18.9. The van der Waals surface area contributed by atoms with Crippen LogP contribution >= 0.6 is 11.6 Å². The molecular formula is C20H23ClN4. The lowest BCUT2D eigenvalue weighted by atomic mass is 9.91. The van der Waals surface area contributed by atoms with E-state index in [2.05, 4.69) is 46.2 Å². The highest BCUT2D eigenvalue weighted by molar-refractivity contribution is 6.28. The van der Waals surface area contributed by atoms with Crippen molar-refractivity contribution in [3.05, 3.63) is 70.4 Å². The van der Waals surface area contributed by atoms with Crippen LogP contribution in [-0.4, -0.2) is 23.2 Å². The van der Waals surface area contributed by atoms with E-state index in [1.54, 1.807) is 25.7 Å². The number of nitrogens with two attached hydrogens (primary N) is 1. The van der Waals surface area contributed by atoms with Crippen LogP contribution in [0.25, 0.3) is 11.1 Å². The van der Waals surface area contributed by atoms with Crippen molar-refractivity contribution in [2.24, 2.45) is 10.7 Å². The van der Waals surface area contributed by atoms with Crippen molar-refractivity contribution in [1.29, 1.82) is 0 Å². The van der Waals surface area contributed by atoms with Gasteiger partial charge < -0.3 is 5.73 Å². The van der Waals surface area contributed by atoms with Crippen LogP contribution in [-0.2, 0) is 6.42 Å². The monoisotopic (exact) mass is 354 g/mol. The van der Waals surface area contributed by atoms with Gasteiger partial charge >= 0.3 is 0 Å². The number of aliphatic imine (C=N–C) groups is 1. The predicted molar refractivity (Wildman–Crippen MR) is 107 cm³/mol. The number of rotatable bonds is 6. The van der Waals surface area contributed by atoms with Crippen molar-refractivity contribution in [1.82, 2.24) is 9.97 Å². The molecule has 2 aromatic rings. The second-order valence-electron chi connectivity index (χ2n) is 5.54. The van der Waals surface area contributed by atoms with Gasteiger partial charge in [0.05, 0.1) is 5.69 Å². The van der Waals surface area contributed by atoms with Crippen LogP contribution in [0.3, 0.4) is 0 Å². The van der Waals surface area contributed by atoms with Crippen LogP contribution in [0.4, 0.5) is 0 Å². The van der Waals surface area contributed by atoms with Gasteiger partial charge in [0.1, 0.15) is 0 Å². The summed E-state index contributed by atoms with van der Waals surface area (Å²) in [6, 6.07) is 8.21. The minimum Gasteiger partial charge on any atom is -0.404 e. The molecule has 0 aliphatic carbocycles. The summed E-state index contributed by atoms with van der Waals surface area (Å²) in [7, 11) is 1.74. The maximum absolute atomic E-state index is 5.97. The minimum atomic E-state index is 0.248. The molecule has 1 aromatic carbocycles. The van der Waals surface area contributed by atoms with Gasteiger partial charge in [0.15, 0.2) is 0 Å². The number of aromatic nitrogens is 2. The van der Waals surface area contributed by atoms with E-state index in [0.29, 0.717) is 0 Å². The van der Waals surface area contributed by atoms with E-state index in [-0.39, 0.29) is 5.28 Å². The van der Waals surface area contributed by atoms with Crippen LogP contribution in [0.15, 0.2) is 47.7 Å². The summed E-state index contributed by atoms with van der Waals surface area (Å²) in [5.41, 5.74) is 12.0. The Labute approximate surface area is 154 Å². The summed E-state index contributed by atoms with van der Waals surface area (Å²) >= 11 is 5.97. The van der Waals surface area contributed by atoms with Crippen LogP contribution in [0.5, 0.6) is 0 Å². The topological polar surface area (TPSA) is 64.2 Å². The fourth-order valence-electron chi connectivity index (χ4n) is 2.79. The molecule has 0 atom stereocenters. The number of hydrogen-bond acceptors (Lipinski definition) is 4. The summed E-state index contributed by atoms with van der Waals surface area (Å²) in [5.74, 6) is 0. The Kier molecular flexibility index (Phi) is 6.90. The highest BCUT2D eigenvalue weighted by Crippen LogP contribution is 2.29. The molecule has 0 radical (unpaired) electrons. The van der Waals surface area contributed by atoms with E-state index >= 15 is 0 Å².